The van der Waals surface area contributed by atoms with Crippen molar-refractivity contribution in [2.45, 2.75) is 13.0 Å². The smallest absolute Gasteiger partial charge is 0.119 e. The van der Waals surface area contributed by atoms with Gasteiger partial charge in [0.25, 0.3) is 0 Å². The van der Waals surface area contributed by atoms with Crippen LogP contribution in [0.5, 0.6) is 5.75 Å². The first-order chi connectivity index (χ1) is 8.70. The molecule has 0 aliphatic carbocycles. The van der Waals surface area contributed by atoms with Gasteiger partial charge in [-0.1, -0.05) is 35.9 Å². The monoisotopic (exact) mass is 261 g/mol. The van der Waals surface area contributed by atoms with Gasteiger partial charge < -0.3 is 10.5 Å². The van der Waals surface area contributed by atoms with Gasteiger partial charge in [0.15, 0.2) is 0 Å². The van der Waals surface area contributed by atoms with Gasteiger partial charge in [-0.2, -0.15) is 0 Å². The Kier molecular flexibility index (Phi) is 4.24. The summed E-state index contributed by atoms with van der Waals surface area (Å²) < 4.78 is 5.40. The van der Waals surface area contributed by atoms with Crippen LogP contribution in [0.2, 0.25) is 5.02 Å². The summed E-state index contributed by atoms with van der Waals surface area (Å²) in [6.07, 6.45) is 0. The molecule has 0 fully saturated rings. The molecule has 18 heavy (non-hydrogen) atoms. The number of hydrogen-bond acceptors (Lipinski definition) is 2. The predicted molar refractivity (Wildman–Crippen MR) is 75.1 cm³/mol. The average molecular weight is 262 g/mol. The molecule has 2 rings (SSSR count). The molecule has 1 atom stereocenters. The molecule has 94 valence electrons. The van der Waals surface area contributed by atoms with Gasteiger partial charge in [-0.15, -0.1) is 0 Å². The Balaban J connectivity index is 2.20. The molecule has 0 heterocycles. The summed E-state index contributed by atoms with van der Waals surface area (Å²) in [6, 6.07) is 15.3. The van der Waals surface area contributed by atoms with Crippen molar-refractivity contribution in [1.29, 1.82) is 0 Å². The molecule has 0 spiro atoms. The second-order valence-corrected chi connectivity index (χ2v) is 4.47. The van der Waals surface area contributed by atoms with Gasteiger partial charge in [0.2, 0.25) is 0 Å². The number of benzene rings is 2. The van der Waals surface area contributed by atoms with E-state index in [1.54, 1.807) is 0 Å². The highest BCUT2D eigenvalue weighted by molar-refractivity contribution is 6.30. The van der Waals surface area contributed by atoms with Crippen molar-refractivity contribution in [2.75, 3.05) is 6.61 Å². The van der Waals surface area contributed by atoms with Crippen LogP contribution in [0, 0.1) is 0 Å². The third-order valence-electron chi connectivity index (χ3n) is 2.76. The lowest BCUT2D eigenvalue weighted by Crippen LogP contribution is -2.11. The summed E-state index contributed by atoms with van der Waals surface area (Å²) in [5, 5.41) is 0.703. The van der Waals surface area contributed by atoms with Crippen LogP contribution in [0.15, 0.2) is 48.5 Å². The molecular formula is C15H16ClNO. The highest BCUT2D eigenvalue weighted by Crippen LogP contribution is 2.23. The number of nitrogens with two attached hydrogens (primary N) is 1. The van der Waals surface area contributed by atoms with E-state index in [4.69, 9.17) is 22.1 Å². The zero-order chi connectivity index (χ0) is 13.0. The fourth-order valence-corrected chi connectivity index (χ4v) is 2.03. The minimum atomic E-state index is -0.167. The minimum Gasteiger partial charge on any atom is -0.494 e. The molecule has 0 aliphatic rings. The molecule has 0 saturated carbocycles. The standard InChI is InChI=1S/C15H16ClNO/c1-2-18-14-8-6-11(7-9-14)15(17)12-4-3-5-13(16)10-12/h3-10,15H,2,17H2,1H3. The first-order valence-corrected chi connectivity index (χ1v) is 6.32. The topological polar surface area (TPSA) is 35.2 Å². The van der Waals surface area contributed by atoms with E-state index in [-0.39, 0.29) is 6.04 Å². The average Bonchev–Trinajstić information content (AvgIpc) is 2.39. The van der Waals surface area contributed by atoms with E-state index >= 15 is 0 Å². The maximum atomic E-state index is 6.21. The third-order valence-corrected chi connectivity index (χ3v) is 2.99. The van der Waals surface area contributed by atoms with Crippen molar-refractivity contribution in [3.8, 4) is 5.75 Å². The summed E-state index contributed by atoms with van der Waals surface area (Å²) in [4.78, 5) is 0. The lowest BCUT2D eigenvalue weighted by atomic mass is 10.00. The molecular weight excluding hydrogens is 246 g/mol. The summed E-state index contributed by atoms with van der Waals surface area (Å²) >= 11 is 5.97. The SMILES string of the molecule is CCOc1ccc(C(N)c2cccc(Cl)c2)cc1. The van der Waals surface area contributed by atoms with Gasteiger partial charge in [-0.25, -0.2) is 0 Å². The van der Waals surface area contributed by atoms with Crippen LogP contribution >= 0.6 is 11.6 Å². The van der Waals surface area contributed by atoms with Crippen molar-refractivity contribution in [3.63, 3.8) is 0 Å². The van der Waals surface area contributed by atoms with Gasteiger partial charge in [0.1, 0.15) is 5.75 Å². The maximum absolute atomic E-state index is 6.21. The Labute approximate surface area is 112 Å². The van der Waals surface area contributed by atoms with Crippen LogP contribution in [0.4, 0.5) is 0 Å². The van der Waals surface area contributed by atoms with Crippen molar-refractivity contribution >= 4 is 11.6 Å². The van der Waals surface area contributed by atoms with Crippen LogP contribution in [-0.2, 0) is 0 Å². The van der Waals surface area contributed by atoms with Crippen molar-refractivity contribution < 1.29 is 4.74 Å². The Morgan fingerprint density at radius 2 is 1.83 bits per heavy atom. The van der Waals surface area contributed by atoms with Crippen molar-refractivity contribution in [1.82, 2.24) is 0 Å². The van der Waals surface area contributed by atoms with E-state index < -0.39 is 0 Å². The summed E-state index contributed by atoms with van der Waals surface area (Å²) in [5.74, 6) is 0.861. The highest BCUT2D eigenvalue weighted by atomic mass is 35.5. The molecule has 2 aromatic rings. The Bertz CT molecular complexity index is 510. The lowest BCUT2D eigenvalue weighted by Gasteiger charge is -2.13. The first kappa shape index (κ1) is 12.9. The Morgan fingerprint density at radius 1 is 1.11 bits per heavy atom. The molecule has 0 aromatic heterocycles. The molecule has 0 amide bonds. The van der Waals surface area contributed by atoms with Crippen molar-refractivity contribution in [2.24, 2.45) is 5.73 Å². The van der Waals surface area contributed by atoms with Crippen LogP contribution in [0.3, 0.4) is 0 Å². The Hall–Kier alpha value is -1.51. The summed E-state index contributed by atoms with van der Waals surface area (Å²) in [5.41, 5.74) is 8.26. The van der Waals surface area contributed by atoms with E-state index in [1.807, 2.05) is 55.5 Å². The van der Waals surface area contributed by atoms with Gasteiger partial charge in [-0.05, 0) is 42.3 Å². The van der Waals surface area contributed by atoms with E-state index in [9.17, 15) is 0 Å². The largest absolute Gasteiger partial charge is 0.494 e. The first-order valence-electron chi connectivity index (χ1n) is 5.94. The van der Waals surface area contributed by atoms with Gasteiger partial charge in [0.05, 0.1) is 12.6 Å². The molecule has 2 aromatic carbocycles. The highest BCUT2D eigenvalue weighted by Gasteiger charge is 2.09. The molecule has 2 N–H and O–H groups in total. The zero-order valence-corrected chi connectivity index (χ0v) is 11.0. The molecule has 0 aliphatic heterocycles. The second-order valence-electron chi connectivity index (χ2n) is 4.03. The third kappa shape index (κ3) is 3.03. The molecule has 0 radical (unpaired) electrons. The zero-order valence-electron chi connectivity index (χ0n) is 10.3. The summed E-state index contributed by atoms with van der Waals surface area (Å²) in [6.45, 7) is 2.63. The van der Waals surface area contributed by atoms with E-state index in [1.165, 1.54) is 0 Å². The van der Waals surface area contributed by atoms with Crippen molar-refractivity contribution in [3.05, 3.63) is 64.7 Å². The van der Waals surface area contributed by atoms with E-state index in [0.29, 0.717) is 11.6 Å². The van der Waals surface area contributed by atoms with Crippen LogP contribution in [0.25, 0.3) is 0 Å². The van der Waals surface area contributed by atoms with Gasteiger partial charge in [0, 0.05) is 5.02 Å². The van der Waals surface area contributed by atoms with E-state index in [0.717, 1.165) is 16.9 Å². The maximum Gasteiger partial charge on any atom is 0.119 e. The van der Waals surface area contributed by atoms with Crippen LogP contribution < -0.4 is 10.5 Å². The normalized spacial score (nSPS) is 12.2. The lowest BCUT2D eigenvalue weighted by molar-refractivity contribution is 0.340. The van der Waals surface area contributed by atoms with Crippen LogP contribution in [-0.4, -0.2) is 6.61 Å². The Morgan fingerprint density at radius 3 is 2.44 bits per heavy atom. The van der Waals surface area contributed by atoms with Gasteiger partial charge >= 0.3 is 0 Å². The molecule has 2 nitrogen and oxygen atoms in total. The fraction of sp³-hybridized carbons (Fsp3) is 0.200. The molecule has 0 saturated heterocycles. The molecule has 1 unspecified atom stereocenters. The van der Waals surface area contributed by atoms with E-state index in [2.05, 4.69) is 0 Å². The second kappa shape index (κ2) is 5.89. The summed E-state index contributed by atoms with van der Waals surface area (Å²) in [7, 11) is 0. The quantitative estimate of drug-likeness (QED) is 0.909. The minimum absolute atomic E-state index is 0.167. The van der Waals surface area contributed by atoms with Crippen LogP contribution in [0.1, 0.15) is 24.1 Å². The predicted octanol–water partition coefficient (Wildman–Crippen LogP) is 3.79. The fourth-order valence-electron chi connectivity index (χ4n) is 1.83. The van der Waals surface area contributed by atoms with Gasteiger partial charge in [-0.3, -0.25) is 0 Å². The number of hydrogen-bond donors (Lipinski definition) is 1. The molecule has 0 bridgehead atoms. The number of halogens is 1. The number of ether oxygens (including phenoxy) is 1. The molecule has 3 heteroatoms. The number of rotatable bonds is 4.